The predicted molar refractivity (Wildman–Crippen MR) is 116 cm³/mol. The molecule has 1 aliphatic rings. The number of nitrogens with one attached hydrogen (secondary N) is 1. The molecule has 8 nitrogen and oxygen atoms in total. The molecule has 3 aromatic rings. The molecule has 9 heteroatoms. The Labute approximate surface area is 178 Å². The maximum atomic E-state index is 12.7. The Morgan fingerprint density at radius 2 is 1.97 bits per heavy atom. The number of nitrogen functional groups attached to an aromatic ring is 1. The summed E-state index contributed by atoms with van der Waals surface area (Å²) in [5.41, 5.74) is 8.69. The number of esters is 1. The third kappa shape index (κ3) is 4.46. The van der Waals surface area contributed by atoms with E-state index in [1.165, 1.54) is 5.56 Å². The van der Waals surface area contributed by atoms with Gasteiger partial charge in [0, 0.05) is 0 Å². The van der Waals surface area contributed by atoms with Crippen molar-refractivity contribution in [3.05, 3.63) is 65.5 Å². The molecule has 4 rings (SSSR count). The summed E-state index contributed by atoms with van der Waals surface area (Å²) in [7, 11) is 1.58. The van der Waals surface area contributed by atoms with Crippen LogP contribution < -0.4 is 15.8 Å². The van der Waals surface area contributed by atoms with Crippen LogP contribution in [0.15, 0.2) is 48.5 Å². The van der Waals surface area contributed by atoms with Gasteiger partial charge in [0.25, 0.3) is 0 Å². The van der Waals surface area contributed by atoms with E-state index in [0.717, 1.165) is 17.7 Å². The molecular weight excluding hydrogens is 402 g/mol. The number of fused-ring (bicyclic) bond motifs is 1. The predicted octanol–water partition coefficient (Wildman–Crippen LogP) is 3.28. The van der Waals surface area contributed by atoms with E-state index in [1.807, 2.05) is 42.5 Å². The van der Waals surface area contributed by atoms with E-state index < -0.39 is 0 Å². The van der Waals surface area contributed by atoms with Gasteiger partial charge in [-0.05, 0) is 35.4 Å². The van der Waals surface area contributed by atoms with Crippen molar-refractivity contribution < 1.29 is 14.3 Å². The SMILES string of the molecule is COc1ccccc1Nc1nc(N)nc(COC(=O)[C@H]2SCCc3ccccc32)n1. The fourth-order valence-corrected chi connectivity index (χ4v) is 4.41. The standard InChI is InChI=1S/C21H21N5O3S/c1-28-16-9-5-4-8-15(16)23-21-25-17(24-20(22)26-21)12-29-19(27)18-14-7-3-2-6-13(14)10-11-30-18/h2-9,18H,10-12H2,1H3,(H3,22,23,24,25,26)/t18-/m0/s1. The molecule has 1 aromatic heterocycles. The molecule has 0 spiro atoms. The first kappa shape index (κ1) is 20.0. The van der Waals surface area contributed by atoms with E-state index in [1.54, 1.807) is 18.9 Å². The van der Waals surface area contributed by atoms with Crippen molar-refractivity contribution in [3.8, 4) is 5.75 Å². The zero-order valence-electron chi connectivity index (χ0n) is 16.4. The molecule has 0 amide bonds. The number of nitrogens with two attached hydrogens (primary N) is 1. The molecule has 0 aliphatic carbocycles. The summed E-state index contributed by atoms with van der Waals surface area (Å²) in [6.07, 6.45) is 0.951. The Kier molecular flexibility index (Phi) is 5.99. The average molecular weight is 423 g/mol. The highest BCUT2D eigenvalue weighted by molar-refractivity contribution is 8.00. The molecule has 30 heavy (non-hydrogen) atoms. The van der Waals surface area contributed by atoms with Crippen LogP contribution in [0.25, 0.3) is 0 Å². The lowest BCUT2D eigenvalue weighted by Gasteiger charge is -2.23. The van der Waals surface area contributed by atoms with Crippen LogP contribution >= 0.6 is 11.8 Å². The number of nitrogens with zero attached hydrogens (tertiary/aromatic N) is 3. The number of para-hydroxylation sites is 2. The average Bonchev–Trinajstić information content (AvgIpc) is 2.77. The number of hydrogen-bond acceptors (Lipinski definition) is 9. The first-order valence-corrected chi connectivity index (χ1v) is 10.5. The van der Waals surface area contributed by atoms with Gasteiger partial charge in [-0.15, -0.1) is 11.8 Å². The molecule has 2 aromatic carbocycles. The Morgan fingerprint density at radius 3 is 2.83 bits per heavy atom. The highest BCUT2D eigenvalue weighted by Crippen LogP contribution is 2.37. The number of anilines is 3. The van der Waals surface area contributed by atoms with Crippen molar-refractivity contribution in [2.45, 2.75) is 18.3 Å². The fourth-order valence-electron chi connectivity index (χ4n) is 3.23. The van der Waals surface area contributed by atoms with E-state index in [2.05, 4.69) is 26.3 Å². The van der Waals surface area contributed by atoms with Crippen molar-refractivity contribution in [2.75, 3.05) is 23.9 Å². The van der Waals surface area contributed by atoms with Gasteiger partial charge in [-0.25, -0.2) is 0 Å². The normalized spacial score (nSPS) is 15.2. The second-order valence-electron chi connectivity index (χ2n) is 6.57. The largest absolute Gasteiger partial charge is 0.495 e. The summed E-state index contributed by atoms with van der Waals surface area (Å²) >= 11 is 1.58. The Hall–Kier alpha value is -3.33. The zero-order valence-corrected chi connectivity index (χ0v) is 17.2. The number of rotatable bonds is 6. The van der Waals surface area contributed by atoms with Crippen LogP contribution in [0.4, 0.5) is 17.6 Å². The second kappa shape index (κ2) is 9.00. The highest BCUT2D eigenvalue weighted by Gasteiger charge is 2.28. The first-order valence-electron chi connectivity index (χ1n) is 9.40. The minimum Gasteiger partial charge on any atom is -0.495 e. The topological polar surface area (TPSA) is 112 Å². The number of aryl methyl sites for hydroxylation is 1. The molecule has 1 atom stereocenters. The summed E-state index contributed by atoms with van der Waals surface area (Å²) in [5, 5.41) is 2.71. The van der Waals surface area contributed by atoms with E-state index in [9.17, 15) is 4.79 Å². The number of aromatic nitrogens is 3. The minimum atomic E-state index is -0.347. The lowest BCUT2D eigenvalue weighted by atomic mass is 10.0. The van der Waals surface area contributed by atoms with Gasteiger partial charge in [-0.1, -0.05) is 36.4 Å². The van der Waals surface area contributed by atoms with Crippen LogP contribution in [-0.4, -0.2) is 33.8 Å². The molecule has 0 bridgehead atoms. The quantitative estimate of drug-likeness (QED) is 0.577. The maximum absolute atomic E-state index is 12.7. The third-order valence-electron chi connectivity index (χ3n) is 4.60. The van der Waals surface area contributed by atoms with E-state index >= 15 is 0 Å². The molecule has 0 radical (unpaired) electrons. The van der Waals surface area contributed by atoms with Gasteiger partial charge in [-0.3, -0.25) is 4.79 Å². The fraction of sp³-hybridized carbons (Fsp3) is 0.238. The van der Waals surface area contributed by atoms with Gasteiger partial charge in [0.2, 0.25) is 11.9 Å². The van der Waals surface area contributed by atoms with Crippen LogP contribution in [-0.2, 0) is 22.6 Å². The highest BCUT2D eigenvalue weighted by atomic mass is 32.2. The smallest absolute Gasteiger partial charge is 0.324 e. The minimum absolute atomic E-state index is 0.0332. The Bertz CT molecular complexity index is 1060. The first-order chi connectivity index (χ1) is 14.6. The third-order valence-corrected chi connectivity index (χ3v) is 5.82. The van der Waals surface area contributed by atoms with Crippen molar-refractivity contribution in [3.63, 3.8) is 0 Å². The van der Waals surface area contributed by atoms with E-state index in [4.69, 9.17) is 15.2 Å². The van der Waals surface area contributed by atoms with E-state index in [0.29, 0.717) is 11.4 Å². The van der Waals surface area contributed by atoms with Crippen molar-refractivity contribution in [1.29, 1.82) is 0 Å². The molecule has 0 saturated carbocycles. The molecule has 3 N–H and O–H groups in total. The Morgan fingerprint density at radius 1 is 1.17 bits per heavy atom. The maximum Gasteiger partial charge on any atom is 0.324 e. The lowest BCUT2D eigenvalue weighted by molar-refractivity contribution is -0.144. The van der Waals surface area contributed by atoms with Gasteiger partial charge in [0.15, 0.2) is 12.4 Å². The number of benzene rings is 2. The van der Waals surface area contributed by atoms with Crippen LogP contribution in [0, 0.1) is 0 Å². The van der Waals surface area contributed by atoms with Crippen LogP contribution in [0.1, 0.15) is 22.2 Å². The van der Waals surface area contributed by atoms with Crippen LogP contribution in [0.2, 0.25) is 0 Å². The van der Waals surface area contributed by atoms with Crippen LogP contribution in [0.3, 0.4) is 0 Å². The van der Waals surface area contributed by atoms with Crippen LogP contribution in [0.5, 0.6) is 5.75 Å². The number of hydrogen-bond donors (Lipinski definition) is 2. The van der Waals surface area contributed by atoms with Gasteiger partial charge >= 0.3 is 5.97 Å². The molecule has 0 unspecified atom stereocenters. The number of methoxy groups -OCH3 is 1. The Balaban J connectivity index is 1.46. The van der Waals surface area contributed by atoms with Gasteiger partial charge in [0.1, 0.15) is 11.0 Å². The van der Waals surface area contributed by atoms with Crippen molar-refractivity contribution in [1.82, 2.24) is 15.0 Å². The number of carbonyl (C=O) groups is 1. The summed E-state index contributed by atoms with van der Waals surface area (Å²) in [6, 6.07) is 15.3. The van der Waals surface area contributed by atoms with E-state index in [-0.39, 0.29) is 35.5 Å². The number of thioether (sulfide) groups is 1. The molecule has 1 aliphatic heterocycles. The lowest BCUT2D eigenvalue weighted by Crippen LogP contribution is -2.19. The zero-order chi connectivity index (χ0) is 20.9. The molecule has 0 fully saturated rings. The van der Waals surface area contributed by atoms with Gasteiger partial charge < -0.3 is 20.5 Å². The molecule has 2 heterocycles. The van der Waals surface area contributed by atoms with Crippen molar-refractivity contribution in [2.24, 2.45) is 0 Å². The summed E-state index contributed by atoms with van der Waals surface area (Å²) in [4.78, 5) is 25.2. The summed E-state index contributed by atoms with van der Waals surface area (Å²) in [5.74, 6) is 1.74. The molecule has 154 valence electrons. The molecule has 0 saturated heterocycles. The summed E-state index contributed by atoms with van der Waals surface area (Å²) in [6.45, 7) is -0.0919. The molecular formula is C21H21N5O3S. The number of carbonyl (C=O) groups excluding carboxylic acids is 1. The van der Waals surface area contributed by atoms with Crippen molar-refractivity contribution >= 4 is 35.3 Å². The van der Waals surface area contributed by atoms with Gasteiger partial charge in [-0.2, -0.15) is 15.0 Å². The second-order valence-corrected chi connectivity index (χ2v) is 7.78. The van der Waals surface area contributed by atoms with Gasteiger partial charge in [0.05, 0.1) is 12.8 Å². The number of ether oxygens (including phenoxy) is 2. The summed E-state index contributed by atoms with van der Waals surface area (Å²) < 4.78 is 10.8. The monoisotopic (exact) mass is 423 g/mol.